The Bertz CT molecular complexity index is 1450. The number of aromatic nitrogens is 5. The minimum Gasteiger partial charge on any atom is -0.444 e. The third-order valence-corrected chi connectivity index (χ3v) is 7.50. The lowest BCUT2D eigenvalue weighted by atomic mass is 10.0. The third kappa shape index (κ3) is 5.41. The van der Waals surface area contributed by atoms with Crippen LogP contribution in [0.25, 0.3) is 11.5 Å². The van der Waals surface area contributed by atoms with Crippen molar-refractivity contribution in [2.45, 2.75) is 89.1 Å². The van der Waals surface area contributed by atoms with E-state index in [0.717, 1.165) is 31.2 Å². The van der Waals surface area contributed by atoms with E-state index >= 15 is 0 Å². The normalized spacial score (nSPS) is 20.8. The van der Waals surface area contributed by atoms with E-state index in [9.17, 15) is 14.9 Å². The van der Waals surface area contributed by atoms with Gasteiger partial charge in [0, 0.05) is 24.3 Å². The van der Waals surface area contributed by atoms with E-state index in [2.05, 4.69) is 26.6 Å². The monoisotopic (exact) mass is 544 g/mol. The maximum absolute atomic E-state index is 13.9. The second-order valence-electron chi connectivity index (χ2n) is 11.8. The first-order valence-corrected chi connectivity index (χ1v) is 13.7. The van der Waals surface area contributed by atoms with Gasteiger partial charge in [-0.05, 0) is 76.5 Å². The molecule has 2 atom stereocenters. The van der Waals surface area contributed by atoms with Gasteiger partial charge in [-0.1, -0.05) is 11.3 Å². The van der Waals surface area contributed by atoms with Gasteiger partial charge in [0.2, 0.25) is 5.89 Å². The van der Waals surface area contributed by atoms with Crippen molar-refractivity contribution in [1.82, 2.24) is 35.0 Å². The first-order valence-electron chi connectivity index (χ1n) is 13.7. The fraction of sp³-hybridized carbons (Fsp3) is 0.536. The Morgan fingerprint density at radius 2 is 1.98 bits per heavy atom. The zero-order valence-corrected chi connectivity index (χ0v) is 22.9. The first kappa shape index (κ1) is 26.0. The quantitative estimate of drug-likeness (QED) is 0.434. The van der Waals surface area contributed by atoms with Gasteiger partial charge >= 0.3 is 17.9 Å². The summed E-state index contributed by atoms with van der Waals surface area (Å²) in [6.07, 6.45) is 7.37. The van der Waals surface area contributed by atoms with Crippen LogP contribution in [0.4, 0.5) is 4.79 Å². The summed E-state index contributed by atoms with van der Waals surface area (Å²) in [5.41, 5.74) is 1.61. The van der Waals surface area contributed by atoms with Crippen molar-refractivity contribution in [1.29, 1.82) is 5.26 Å². The molecule has 208 valence electrons. The van der Waals surface area contributed by atoms with E-state index < -0.39 is 11.7 Å². The Morgan fingerprint density at radius 1 is 1.18 bits per heavy atom. The van der Waals surface area contributed by atoms with Crippen molar-refractivity contribution in [3.63, 3.8) is 0 Å². The van der Waals surface area contributed by atoms with Gasteiger partial charge in [-0.3, -0.25) is 9.48 Å². The van der Waals surface area contributed by atoms with Gasteiger partial charge in [0.25, 0.3) is 0 Å². The molecule has 0 unspecified atom stereocenters. The molecule has 1 aromatic carbocycles. The van der Waals surface area contributed by atoms with Crippen LogP contribution >= 0.6 is 0 Å². The molecule has 0 radical (unpaired) electrons. The van der Waals surface area contributed by atoms with Gasteiger partial charge in [0.05, 0.1) is 36.5 Å². The summed E-state index contributed by atoms with van der Waals surface area (Å²) in [7, 11) is 0. The molecule has 3 fully saturated rings. The molecule has 12 nitrogen and oxygen atoms in total. The summed E-state index contributed by atoms with van der Waals surface area (Å²) in [5, 5.41) is 25.7. The van der Waals surface area contributed by atoms with Crippen molar-refractivity contribution in [3.8, 4) is 17.5 Å². The minimum atomic E-state index is -0.651. The summed E-state index contributed by atoms with van der Waals surface area (Å²) in [5.74, 6) is 0.204. The van der Waals surface area contributed by atoms with E-state index in [1.165, 1.54) is 0 Å². The van der Waals surface area contributed by atoms with Crippen LogP contribution < -0.4 is 0 Å². The van der Waals surface area contributed by atoms with Crippen LogP contribution in [0, 0.1) is 11.3 Å². The standard InChI is InChI=1S/C28H32N8O4/c1-28(2,3)40-27(38)35-16-21(13-20(35)15-34-11-10-30-33-34)36(19-7-8-19)26(37)25-32-31-24(39-25)23-12-17(14-29)4-9-22(23)18-5-6-18/h4,9-12,18-21H,5-8,13,15-16H2,1-3H3/t20-,21+/m0/s1. The molecule has 1 saturated heterocycles. The number of benzene rings is 1. The molecule has 6 rings (SSSR count). The Hall–Kier alpha value is -4.27. The fourth-order valence-electron chi connectivity index (χ4n) is 5.43. The van der Waals surface area contributed by atoms with Crippen molar-refractivity contribution < 1.29 is 18.7 Å². The average Bonchev–Trinajstić information content (AvgIpc) is 3.78. The molecule has 1 aliphatic heterocycles. The van der Waals surface area contributed by atoms with Crippen LogP contribution in [0.2, 0.25) is 0 Å². The highest BCUT2D eigenvalue weighted by Crippen LogP contribution is 2.44. The number of nitrogens with zero attached hydrogens (tertiary/aromatic N) is 8. The summed E-state index contributed by atoms with van der Waals surface area (Å²) >= 11 is 0. The van der Waals surface area contributed by atoms with Crippen LogP contribution in [0.5, 0.6) is 0 Å². The third-order valence-electron chi connectivity index (χ3n) is 7.50. The zero-order valence-electron chi connectivity index (χ0n) is 22.9. The molecule has 2 aromatic heterocycles. The number of amides is 2. The van der Waals surface area contributed by atoms with Crippen molar-refractivity contribution >= 4 is 12.0 Å². The van der Waals surface area contributed by atoms with Crippen molar-refractivity contribution in [2.75, 3.05) is 6.54 Å². The van der Waals surface area contributed by atoms with Crippen LogP contribution in [0.15, 0.2) is 35.0 Å². The molecule has 0 bridgehead atoms. The number of ether oxygens (including phenoxy) is 1. The van der Waals surface area contributed by atoms with Crippen LogP contribution in [0.1, 0.15) is 80.6 Å². The Labute approximate surface area is 231 Å². The van der Waals surface area contributed by atoms with Crippen LogP contribution in [0.3, 0.4) is 0 Å². The predicted octanol–water partition coefficient (Wildman–Crippen LogP) is 3.76. The highest BCUT2D eigenvalue weighted by Gasteiger charge is 2.47. The number of rotatable bonds is 7. The van der Waals surface area contributed by atoms with Crippen molar-refractivity contribution in [3.05, 3.63) is 47.6 Å². The topological polar surface area (TPSA) is 143 Å². The maximum Gasteiger partial charge on any atom is 0.410 e. The van der Waals surface area contributed by atoms with Gasteiger partial charge in [0.1, 0.15) is 5.60 Å². The van der Waals surface area contributed by atoms with Gasteiger partial charge in [-0.25, -0.2) is 4.79 Å². The number of likely N-dealkylation sites (tertiary alicyclic amines) is 1. The Balaban J connectivity index is 1.26. The molecule has 0 spiro atoms. The second-order valence-corrected chi connectivity index (χ2v) is 11.8. The highest BCUT2D eigenvalue weighted by atomic mass is 16.6. The number of nitriles is 1. The Kier molecular flexibility index (Phi) is 6.52. The molecule has 40 heavy (non-hydrogen) atoms. The SMILES string of the molecule is CC(C)(C)OC(=O)N1C[C@H](N(C(=O)c2nnc(-c3cc(C#N)ccc3C3CC3)o2)C2CC2)C[C@H]1Cn1ccnn1. The number of hydrogen-bond donors (Lipinski definition) is 0. The molecule has 3 aliphatic rings. The molecule has 2 amide bonds. The molecule has 2 aliphatic carbocycles. The van der Waals surface area contributed by atoms with E-state index in [0.29, 0.717) is 36.6 Å². The summed E-state index contributed by atoms with van der Waals surface area (Å²) in [6.45, 7) is 6.26. The Morgan fingerprint density at radius 3 is 2.62 bits per heavy atom. The zero-order chi connectivity index (χ0) is 28.0. The largest absolute Gasteiger partial charge is 0.444 e. The fourth-order valence-corrected chi connectivity index (χ4v) is 5.43. The van der Waals surface area contributed by atoms with Gasteiger partial charge in [-0.15, -0.1) is 15.3 Å². The second kappa shape index (κ2) is 10.0. The first-order chi connectivity index (χ1) is 19.2. The van der Waals surface area contributed by atoms with Crippen LogP contribution in [-0.4, -0.2) is 77.3 Å². The molecule has 3 aromatic rings. The molecular formula is C28H32N8O4. The van der Waals surface area contributed by atoms with Gasteiger partial charge in [-0.2, -0.15) is 5.26 Å². The van der Waals surface area contributed by atoms with Crippen molar-refractivity contribution in [2.24, 2.45) is 0 Å². The molecule has 3 heterocycles. The number of carbonyl (C=O) groups excluding carboxylic acids is 2. The van der Waals surface area contributed by atoms with E-state index in [1.807, 2.05) is 31.7 Å². The van der Waals surface area contributed by atoms with Crippen LogP contribution in [-0.2, 0) is 11.3 Å². The summed E-state index contributed by atoms with van der Waals surface area (Å²) in [4.78, 5) is 30.5. The summed E-state index contributed by atoms with van der Waals surface area (Å²) in [6, 6.07) is 7.20. The lowest BCUT2D eigenvalue weighted by molar-refractivity contribution is 0.0197. The molecular weight excluding hydrogens is 512 g/mol. The molecule has 2 saturated carbocycles. The molecule has 0 N–H and O–H groups in total. The lowest BCUT2D eigenvalue weighted by Gasteiger charge is -2.29. The van der Waals surface area contributed by atoms with E-state index in [-0.39, 0.29) is 35.8 Å². The number of hydrogen-bond acceptors (Lipinski definition) is 9. The number of carbonyl (C=O) groups is 2. The van der Waals surface area contributed by atoms with E-state index in [1.54, 1.807) is 34.1 Å². The highest BCUT2D eigenvalue weighted by molar-refractivity contribution is 5.90. The predicted molar refractivity (Wildman–Crippen MR) is 141 cm³/mol. The minimum absolute atomic E-state index is 0.0439. The van der Waals surface area contributed by atoms with Gasteiger partial charge in [0.15, 0.2) is 0 Å². The van der Waals surface area contributed by atoms with E-state index in [4.69, 9.17) is 9.15 Å². The smallest absolute Gasteiger partial charge is 0.410 e. The maximum atomic E-state index is 13.9. The summed E-state index contributed by atoms with van der Waals surface area (Å²) < 4.78 is 13.4. The van der Waals surface area contributed by atoms with Gasteiger partial charge < -0.3 is 19.0 Å². The molecule has 12 heteroatoms. The lowest BCUT2D eigenvalue weighted by Crippen LogP contribution is -2.45. The average molecular weight is 545 g/mol.